The second-order valence-electron chi connectivity index (χ2n) is 5.21. The highest BCUT2D eigenvalue weighted by Crippen LogP contribution is 2.29. The van der Waals surface area contributed by atoms with Gasteiger partial charge in [0.15, 0.2) is 11.6 Å². The Labute approximate surface area is 118 Å². The molecule has 1 aliphatic carbocycles. The van der Waals surface area contributed by atoms with Crippen molar-refractivity contribution in [2.75, 3.05) is 0 Å². The van der Waals surface area contributed by atoms with Crippen LogP contribution in [0.15, 0.2) is 36.4 Å². The van der Waals surface area contributed by atoms with E-state index in [9.17, 15) is 4.39 Å². The lowest BCUT2D eigenvalue weighted by Gasteiger charge is -2.17. The van der Waals surface area contributed by atoms with E-state index in [2.05, 4.69) is 6.07 Å². The summed E-state index contributed by atoms with van der Waals surface area (Å²) in [5.41, 5.74) is 8.97. The minimum absolute atomic E-state index is 0.248. The molecular weight excluding hydrogens is 253 g/mol. The zero-order valence-corrected chi connectivity index (χ0v) is 11.4. The van der Waals surface area contributed by atoms with Gasteiger partial charge in [-0.25, -0.2) is 4.39 Å². The van der Waals surface area contributed by atoms with Crippen LogP contribution >= 0.6 is 0 Å². The molecule has 104 valence electrons. The summed E-state index contributed by atoms with van der Waals surface area (Å²) in [6.07, 6.45) is 4.69. The van der Waals surface area contributed by atoms with Crippen LogP contribution in [0, 0.1) is 5.82 Å². The SMILES string of the molecule is NCc1ccc(Oc2ccc3c(c2)CCCC3)c(F)c1. The van der Waals surface area contributed by atoms with Crippen molar-refractivity contribution in [3.8, 4) is 11.5 Å². The largest absolute Gasteiger partial charge is 0.454 e. The number of rotatable bonds is 3. The van der Waals surface area contributed by atoms with Crippen molar-refractivity contribution in [2.45, 2.75) is 32.2 Å². The van der Waals surface area contributed by atoms with Crippen molar-refractivity contribution >= 4 is 0 Å². The van der Waals surface area contributed by atoms with Gasteiger partial charge in [0.1, 0.15) is 5.75 Å². The number of ether oxygens (including phenoxy) is 1. The number of halogens is 1. The quantitative estimate of drug-likeness (QED) is 0.917. The lowest BCUT2D eigenvalue weighted by Crippen LogP contribution is -2.02. The lowest BCUT2D eigenvalue weighted by atomic mass is 9.92. The average molecular weight is 271 g/mol. The molecule has 0 saturated carbocycles. The van der Waals surface area contributed by atoms with E-state index in [0.29, 0.717) is 12.3 Å². The second kappa shape index (κ2) is 5.63. The second-order valence-corrected chi connectivity index (χ2v) is 5.21. The molecular formula is C17H18FNO. The minimum atomic E-state index is -0.370. The molecule has 0 radical (unpaired) electrons. The van der Waals surface area contributed by atoms with Crippen LogP contribution in [0.5, 0.6) is 11.5 Å². The van der Waals surface area contributed by atoms with E-state index in [-0.39, 0.29) is 11.6 Å². The van der Waals surface area contributed by atoms with Gasteiger partial charge in [0.2, 0.25) is 0 Å². The summed E-state index contributed by atoms with van der Waals surface area (Å²) in [7, 11) is 0. The smallest absolute Gasteiger partial charge is 0.166 e. The highest BCUT2D eigenvalue weighted by atomic mass is 19.1. The van der Waals surface area contributed by atoms with Gasteiger partial charge < -0.3 is 10.5 Å². The fourth-order valence-corrected chi connectivity index (χ4v) is 2.65. The third-order valence-electron chi connectivity index (χ3n) is 3.78. The summed E-state index contributed by atoms with van der Waals surface area (Å²) < 4.78 is 19.5. The van der Waals surface area contributed by atoms with Crippen molar-refractivity contribution < 1.29 is 9.13 Å². The molecule has 0 saturated heterocycles. The van der Waals surface area contributed by atoms with Gasteiger partial charge in [0, 0.05) is 6.54 Å². The van der Waals surface area contributed by atoms with Gasteiger partial charge in [0.25, 0.3) is 0 Å². The molecule has 0 fully saturated rings. The number of nitrogens with two attached hydrogens (primary N) is 1. The highest BCUT2D eigenvalue weighted by Gasteiger charge is 2.11. The zero-order valence-electron chi connectivity index (χ0n) is 11.4. The van der Waals surface area contributed by atoms with Crippen molar-refractivity contribution in [2.24, 2.45) is 5.73 Å². The Morgan fingerprint density at radius 2 is 1.80 bits per heavy atom. The van der Waals surface area contributed by atoms with Crippen molar-refractivity contribution in [1.29, 1.82) is 0 Å². The van der Waals surface area contributed by atoms with Crippen LogP contribution in [0.25, 0.3) is 0 Å². The highest BCUT2D eigenvalue weighted by molar-refractivity contribution is 5.40. The molecule has 3 rings (SSSR count). The Kier molecular flexibility index (Phi) is 3.70. The molecule has 0 aromatic heterocycles. The molecule has 20 heavy (non-hydrogen) atoms. The molecule has 0 bridgehead atoms. The van der Waals surface area contributed by atoms with Crippen LogP contribution in [-0.2, 0) is 19.4 Å². The molecule has 0 heterocycles. The number of benzene rings is 2. The predicted molar refractivity (Wildman–Crippen MR) is 77.4 cm³/mol. The zero-order chi connectivity index (χ0) is 13.9. The van der Waals surface area contributed by atoms with E-state index in [1.54, 1.807) is 12.1 Å². The maximum Gasteiger partial charge on any atom is 0.166 e. The maximum absolute atomic E-state index is 13.9. The Balaban J connectivity index is 1.84. The number of aryl methyl sites for hydroxylation is 2. The van der Waals surface area contributed by atoms with Crippen LogP contribution < -0.4 is 10.5 Å². The maximum atomic E-state index is 13.9. The summed E-state index contributed by atoms with van der Waals surface area (Å²) in [6, 6.07) is 10.9. The van der Waals surface area contributed by atoms with Crippen molar-refractivity contribution in [3.05, 3.63) is 58.9 Å². The Hall–Kier alpha value is -1.87. The van der Waals surface area contributed by atoms with E-state index < -0.39 is 0 Å². The Morgan fingerprint density at radius 1 is 1.00 bits per heavy atom. The van der Waals surface area contributed by atoms with Gasteiger partial charge in [0.05, 0.1) is 0 Å². The van der Waals surface area contributed by atoms with Crippen LogP contribution in [0.2, 0.25) is 0 Å². The molecule has 2 N–H and O–H groups in total. The van der Waals surface area contributed by atoms with E-state index in [0.717, 1.165) is 18.4 Å². The molecule has 0 atom stereocenters. The van der Waals surface area contributed by atoms with E-state index in [1.807, 2.05) is 12.1 Å². The predicted octanol–water partition coefficient (Wildman–Crippen LogP) is 3.96. The first-order valence-electron chi connectivity index (χ1n) is 7.04. The van der Waals surface area contributed by atoms with Gasteiger partial charge in [-0.3, -0.25) is 0 Å². The average Bonchev–Trinajstić information content (AvgIpc) is 2.49. The van der Waals surface area contributed by atoms with Gasteiger partial charge in [-0.05, 0) is 66.6 Å². The van der Waals surface area contributed by atoms with Gasteiger partial charge in [-0.15, -0.1) is 0 Å². The summed E-state index contributed by atoms with van der Waals surface area (Å²) in [4.78, 5) is 0. The fraction of sp³-hybridized carbons (Fsp3) is 0.294. The van der Waals surface area contributed by atoms with Crippen LogP contribution in [-0.4, -0.2) is 0 Å². The molecule has 0 unspecified atom stereocenters. The molecule has 0 spiro atoms. The first-order valence-corrected chi connectivity index (χ1v) is 7.04. The first-order chi connectivity index (χ1) is 9.76. The van der Waals surface area contributed by atoms with Crippen LogP contribution in [0.1, 0.15) is 29.5 Å². The molecule has 0 amide bonds. The molecule has 0 aliphatic heterocycles. The molecule has 2 aromatic rings. The molecule has 1 aliphatic rings. The number of hydrogen-bond acceptors (Lipinski definition) is 2. The summed E-state index contributed by atoms with van der Waals surface area (Å²) in [6.45, 7) is 0.329. The molecule has 2 aromatic carbocycles. The summed E-state index contributed by atoms with van der Waals surface area (Å²) in [5.74, 6) is 0.577. The summed E-state index contributed by atoms with van der Waals surface area (Å²) >= 11 is 0. The molecule has 3 heteroatoms. The number of fused-ring (bicyclic) bond motifs is 1. The van der Waals surface area contributed by atoms with Crippen LogP contribution in [0.4, 0.5) is 4.39 Å². The Morgan fingerprint density at radius 3 is 2.55 bits per heavy atom. The minimum Gasteiger partial charge on any atom is -0.454 e. The fourth-order valence-electron chi connectivity index (χ4n) is 2.65. The van der Waals surface area contributed by atoms with Crippen molar-refractivity contribution in [1.82, 2.24) is 0 Å². The number of hydrogen-bond donors (Lipinski definition) is 1. The van der Waals surface area contributed by atoms with E-state index in [4.69, 9.17) is 10.5 Å². The van der Waals surface area contributed by atoms with Gasteiger partial charge >= 0.3 is 0 Å². The van der Waals surface area contributed by atoms with Gasteiger partial charge in [-0.2, -0.15) is 0 Å². The molecule has 2 nitrogen and oxygen atoms in total. The van der Waals surface area contributed by atoms with E-state index in [1.165, 1.54) is 30.0 Å². The monoisotopic (exact) mass is 271 g/mol. The summed E-state index contributed by atoms with van der Waals surface area (Å²) in [5, 5.41) is 0. The lowest BCUT2D eigenvalue weighted by molar-refractivity contribution is 0.440. The Bertz CT molecular complexity index is 624. The normalized spacial score (nSPS) is 13.9. The third kappa shape index (κ3) is 2.68. The van der Waals surface area contributed by atoms with Gasteiger partial charge in [-0.1, -0.05) is 12.1 Å². The topological polar surface area (TPSA) is 35.2 Å². The standard InChI is InChI=1S/C17H18FNO/c18-16-9-12(11-19)5-8-17(16)20-15-7-6-13-3-1-2-4-14(13)10-15/h5-10H,1-4,11,19H2. The van der Waals surface area contributed by atoms with Crippen molar-refractivity contribution in [3.63, 3.8) is 0 Å². The first kappa shape index (κ1) is 13.1. The van der Waals surface area contributed by atoms with Crippen LogP contribution in [0.3, 0.4) is 0 Å². The van der Waals surface area contributed by atoms with E-state index >= 15 is 0 Å². The third-order valence-corrected chi connectivity index (χ3v) is 3.78.